The number of hydrazone groups is 1. The Morgan fingerprint density at radius 3 is 2.21 bits per heavy atom. The highest BCUT2D eigenvalue weighted by Crippen LogP contribution is 2.39. The number of hydrogen-bond donors (Lipinski definition) is 2. The number of benzene rings is 3. The third kappa shape index (κ3) is 6.45. The van der Waals surface area contributed by atoms with Gasteiger partial charge in [-0.15, -0.1) is 0 Å². The molecule has 7 heteroatoms. The highest BCUT2D eigenvalue weighted by molar-refractivity contribution is 7.99. The van der Waals surface area contributed by atoms with Crippen molar-refractivity contribution in [3.05, 3.63) is 89.0 Å². The van der Waals surface area contributed by atoms with E-state index in [2.05, 4.69) is 74.8 Å². The smallest absolute Gasteiger partial charge is 0.250 e. The number of nitrogens with zero attached hydrogens (tertiary/aromatic N) is 3. The van der Waals surface area contributed by atoms with Crippen LogP contribution in [0.5, 0.6) is 5.75 Å². The SMILES string of the molecule is CC(C)(C)c1cc(C=NNC(=O)CSc2nc3ccccc3n2Cc2ccccc2)cc(C(C)(C)C)c1O. The molecule has 0 aliphatic rings. The molecule has 0 bridgehead atoms. The van der Waals surface area contributed by atoms with Crippen LogP contribution in [0.2, 0.25) is 0 Å². The molecule has 0 unspecified atom stereocenters. The molecule has 0 radical (unpaired) electrons. The van der Waals surface area contributed by atoms with Crippen LogP contribution in [-0.4, -0.2) is 32.5 Å². The Labute approximate surface area is 229 Å². The number of amides is 1. The normalized spacial score (nSPS) is 12.4. The lowest BCUT2D eigenvalue weighted by atomic mass is 9.78. The van der Waals surface area contributed by atoms with Crippen LogP contribution in [0.15, 0.2) is 77.0 Å². The zero-order valence-corrected chi connectivity index (χ0v) is 23.8. The summed E-state index contributed by atoms with van der Waals surface area (Å²) in [5.41, 5.74) is 7.82. The first-order valence-electron chi connectivity index (χ1n) is 12.8. The summed E-state index contributed by atoms with van der Waals surface area (Å²) < 4.78 is 2.14. The highest BCUT2D eigenvalue weighted by Gasteiger charge is 2.26. The van der Waals surface area contributed by atoms with E-state index in [0.717, 1.165) is 32.9 Å². The first-order chi connectivity index (χ1) is 17.9. The molecule has 0 atom stereocenters. The van der Waals surface area contributed by atoms with Gasteiger partial charge in [-0.2, -0.15) is 5.10 Å². The van der Waals surface area contributed by atoms with Crippen LogP contribution in [0.25, 0.3) is 11.0 Å². The number of fused-ring (bicyclic) bond motifs is 1. The van der Waals surface area contributed by atoms with Crippen molar-refractivity contribution in [2.24, 2.45) is 5.10 Å². The Bertz CT molecular complexity index is 1430. The lowest BCUT2D eigenvalue weighted by Gasteiger charge is -2.27. The molecule has 38 heavy (non-hydrogen) atoms. The second-order valence-electron chi connectivity index (χ2n) is 11.5. The minimum atomic E-state index is -0.237. The molecule has 0 aliphatic carbocycles. The summed E-state index contributed by atoms with van der Waals surface area (Å²) in [6, 6.07) is 22.1. The minimum absolute atomic E-state index is 0.186. The van der Waals surface area contributed by atoms with E-state index in [0.29, 0.717) is 12.3 Å². The topological polar surface area (TPSA) is 79.5 Å². The van der Waals surface area contributed by atoms with Crippen molar-refractivity contribution < 1.29 is 9.90 Å². The Balaban J connectivity index is 1.48. The quantitative estimate of drug-likeness (QED) is 0.160. The molecule has 0 saturated heterocycles. The van der Waals surface area contributed by atoms with Gasteiger partial charge in [0.2, 0.25) is 0 Å². The number of carbonyl (C=O) groups is 1. The Morgan fingerprint density at radius 1 is 0.974 bits per heavy atom. The van der Waals surface area contributed by atoms with Gasteiger partial charge in [-0.05, 0) is 46.2 Å². The van der Waals surface area contributed by atoms with E-state index < -0.39 is 0 Å². The number of phenols is 1. The summed E-state index contributed by atoms with van der Waals surface area (Å²) >= 11 is 1.39. The molecular weight excluding hydrogens is 492 g/mol. The van der Waals surface area contributed by atoms with Crippen molar-refractivity contribution in [3.8, 4) is 5.75 Å². The van der Waals surface area contributed by atoms with Crippen LogP contribution in [0, 0.1) is 0 Å². The van der Waals surface area contributed by atoms with Gasteiger partial charge in [-0.1, -0.05) is 95.8 Å². The second-order valence-corrected chi connectivity index (χ2v) is 12.4. The van der Waals surface area contributed by atoms with E-state index in [4.69, 9.17) is 4.98 Å². The Morgan fingerprint density at radius 2 is 1.58 bits per heavy atom. The van der Waals surface area contributed by atoms with Crippen molar-refractivity contribution in [3.63, 3.8) is 0 Å². The number of para-hydroxylation sites is 2. The molecule has 4 rings (SSSR count). The molecule has 4 aromatic rings. The largest absolute Gasteiger partial charge is 0.507 e. The minimum Gasteiger partial charge on any atom is -0.507 e. The third-order valence-electron chi connectivity index (χ3n) is 6.29. The van der Waals surface area contributed by atoms with Gasteiger partial charge in [-0.3, -0.25) is 4.79 Å². The predicted octanol–water partition coefficient (Wildman–Crippen LogP) is 6.63. The first-order valence-corrected chi connectivity index (χ1v) is 13.7. The molecular formula is C31H36N4O2S. The average molecular weight is 529 g/mol. The number of hydrogen-bond acceptors (Lipinski definition) is 5. The zero-order valence-electron chi connectivity index (χ0n) is 22.9. The maximum atomic E-state index is 12.7. The number of rotatable bonds is 7. The molecule has 0 saturated carbocycles. The standard InChI is InChI=1S/C31H36N4O2S/c1-30(2,3)23-16-22(17-24(28(23)37)31(4,5)6)18-32-34-27(36)20-38-29-33-25-14-10-11-15-26(25)35(29)19-21-12-8-7-9-13-21/h7-18,37H,19-20H2,1-6H3,(H,34,36). The van der Waals surface area contributed by atoms with Crippen molar-refractivity contribution >= 4 is 34.9 Å². The van der Waals surface area contributed by atoms with Gasteiger partial charge >= 0.3 is 0 Å². The Kier molecular flexibility index (Phi) is 7.97. The molecule has 3 aromatic carbocycles. The lowest BCUT2D eigenvalue weighted by Crippen LogP contribution is -2.20. The van der Waals surface area contributed by atoms with Gasteiger partial charge < -0.3 is 9.67 Å². The summed E-state index contributed by atoms with van der Waals surface area (Å²) in [5, 5.41) is 15.9. The highest BCUT2D eigenvalue weighted by atomic mass is 32.2. The third-order valence-corrected chi connectivity index (χ3v) is 7.26. The van der Waals surface area contributed by atoms with E-state index in [1.807, 2.05) is 48.5 Å². The first kappa shape index (κ1) is 27.5. The van der Waals surface area contributed by atoms with Gasteiger partial charge in [0.25, 0.3) is 5.91 Å². The Hall–Kier alpha value is -3.58. The summed E-state index contributed by atoms with van der Waals surface area (Å²) in [6.45, 7) is 13.1. The summed E-state index contributed by atoms with van der Waals surface area (Å²) in [5.74, 6) is 0.294. The van der Waals surface area contributed by atoms with Crippen LogP contribution >= 0.6 is 11.8 Å². The fourth-order valence-corrected chi connectivity index (χ4v) is 5.10. The van der Waals surface area contributed by atoms with E-state index in [1.165, 1.54) is 17.3 Å². The molecule has 1 heterocycles. The molecule has 1 aromatic heterocycles. The number of aromatic hydroxyl groups is 1. The maximum absolute atomic E-state index is 12.7. The van der Waals surface area contributed by atoms with E-state index in [9.17, 15) is 9.90 Å². The van der Waals surface area contributed by atoms with Crippen LogP contribution in [0.3, 0.4) is 0 Å². The van der Waals surface area contributed by atoms with Gasteiger partial charge in [0, 0.05) is 11.1 Å². The number of phenolic OH excluding ortho intramolecular Hbond substituents is 1. The average Bonchev–Trinajstić information content (AvgIpc) is 3.20. The zero-order chi connectivity index (χ0) is 27.5. The number of nitrogens with one attached hydrogen (secondary N) is 1. The fraction of sp³-hybridized carbons (Fsp3) is 0.323. The van der Waals surface area contributed by atoms with Gasteiger partial charge in [0.15, 0.2) is 5.16 Å². The van der Waals surface area contributed by atoms with Crippen molar-refractivity contribution in [1.82, 2.24) is 15.0 Å². The van der Waals surface area contributed by atoms with Gasteiger partial charge in [-0.25, -0.2) is 10.4 Å². The van der Waals surface area contributed by atoms with E-state index in [1.54, 1.807) is 6.21 Å². The second kappa shape index (κ2) is 11.0. The monoisotopic (exact) mass is 528 g/mol. The van der Waals surface area contributed by atoms with Crippen molar-refractivity contribution in [2.75, 3.05) is 5.75 Å². The number of aromatic nitrogens is 2. The molecule has 0 spiro atoms. The lowest BCUT2D eigenvalue weighted by molar-refractivity contribution is -0.118. The summed E-state index contributed by atoms with van der Waals surface area (Å²) in [6.07, 6.45) is 1.64. The molecule has 198 valence electrons. The number of carbonyl (C=O) groups excluding carboxylic acids is 1. The van der Waals surface area contributed by atoms with Crippen LogP contribution in [-0.2, 0) is 22.2 Å². The van der Waals surface area contributed by atoms with Gasteiger partial charge in [0.1, 0.15) is 5.75 Å². The summed E-state index contributed by atoms with van der Waals surface area (Å²) in [4.78, 5) is 17.4. The van der Waals surface area contributed by atoms with Crippen molar-refractivity contribution in [2.45, 2.75) is 64.1 Å². The van der Waals surface area contributed by atoms with Crippen LogP contribution < -0.4 is 5.43 Å². The molecule has 0 aliphatic heterocycles. The molecule has 0 fully saturated rings. The molecule has 2 N–H and O–H groups in total. The van der Waals surface area contributed by atoms with Crippen LogP contribution in [0.4, 0.5) is 0 Å². The molecule has 1 amide bonds. The summed E-state index contributed by atoms with van der Waals surface area (Å²) in [7, 11) is 0. The molecule has 6 nitrogen and oxygen atoms in total. The number of thioether (sulfide) groups is 1. The van der Waals surface area contributed by atoms with E-state index >= 15 is 0 Å². The van der Waals surface area contributed by atoms with Gasteiger partial charge in [0.05, 0.1) is 29.5 Å². The maximum Gasteiger partial charge on any atom is 0.250 e. The van der Waals surface area contributed by atoms with Crippen molar-refractivity contribution in [1.29, 1.82) is 0 Å². The predicted molar refractivity (Wildman–Crippen MR) is 157 cm³/mol. The number of imidazole rings is 1. The fourth-order valence-electron chi connectivity index (χ4n) is 4.30. The van der Waals surface area contributed by atoms with Crippen LogP contribution in [0.1, 0.15) is 63.8 Å². The van der Waals surface area contributed by atoms with E-state index in [-0.39, 0.29) is 22.5 Å².